The molecular formula is C12H18N2O2. The molecule has 0 aliphatic heterocycles. The average Bonchev–Trinajstić information content (AvgIpc) is 2.16. The predicted molar refractivity (Wildman–Crippen MR) is 64.5 cm³/mol. The minimum atomic E-state index is -0.332. The molecular weight excluding hydrogens is 204 g/mol. The van der Waals surface area contributed by atoms with Gasteiger partial charge in [0.2, 0.25) is 0 Å². The summed E-state index contributed by atoms with van der Waals surface area (Å²) < 4.78 is 0. The van der Waals surface area contributed by atoms with Crippen molar-refractivity contribution >= 4 is 5.69 Å². The van der Waals surface area contributed by atoms with Crippen LogP contribution in [-0.2, 0) is 0 Å². The molecule has 0 aliphatic rings. The summed E-state index contributed by atoms with van der Waals surface area (Å²) in [5.74, 6) is 0. The molecule has 16 heavy (non-hydrogen) atoms. The molecule has 0 amide bonds. The first-order valence-corrected chi connectivity index (χ1v) is 5.43. The second-order valence-corrected chi connectivity index (χ2v) is 4.29. The number of nitrogens with one attached hydrogen (secondary N) is 1. The Morgan fingerprint density at radius 2 is 1.94 bits per heavy atom. The zero-order valence-corrected chi connectivity index (χ0v) is 10.2. The lowest BCUT2D eigenvalue weighted by Crippen LogP contribution is -2.26. The monoisotopic (exact) mass is 222 g/mol. The standard InChI is InChI=1S/C12H18N2O2/c1-8(2)13-10(4)11-6-5-7-12(9(11)3)14(15)16/h5-8,10,13H,1-4H3. The van der Waals surface area contributed by atoms with Crippen molar-refractivity contribution in [2.45, 2.75) is 39.8 Å². The van der Waals surface area contributed by atoms with Gasteiger partial charge in [0.15, 0.2) is 0 Å². The maximum absolute atomic E-state index is 10.8. The van der Waals surface area contributed by atoms with Gasteiger partial charge in [-0.05, 0) is 19.4 Å². The van der Waals surface area contributed by atoms with Crippen molar-refractivity contribution in [1.82, 2.24) is 5.32 Å². The van der Waals surface area contributed by atoms with Crippen molar-refractivity contribution in [2.75, 3.05) is 0 Å². The molecule has 0 aromatic heterocycles. The van der Waals surface area contributed by atoms with Crippen molar-refractivity contribution in [3.8, 4) is 0 Å². The third-order valence-corrected chi connectivity index (χ3v) is 2.59. The zero-order valence-electron chi connectivity index (χ0n) is 10.2. The number of nitro groups is 1. The molecule has 88 valence electrons. The van der Waals surface area contributed by atoms with E-state index in [1.54, 1.807) is 19.1 Å². The van der Waals surface area contributed by atoms with E-state index < -0.39 is 0 Å². The lowest BCUT2D eigenvalue weighted by molar-refractivity contribution is -0.385. The lowest BCUT2D eigenvalue weighted by atomic mass is 10.0. The molecule has 1 aromatic rings. The Morgan fingerprint density at radius 1 is 1.31 bits per heavy atom. The summed E-state index contributed by atoms with van der Waals surface area (Å²) in [6, 6.07) is 5.69. The number of nitrogens with zero attached hydrogens (tertiary/aromatic N) is 1. The Kier molecular flexibility index (Phi) is 4.01. The molecule has 1 atom stereocenters. The molecule has 1 N–H and O–H groups in total. The van der Waals surface area contributed by atoms with E-state index in [-0.39, 0.29) is 16.7 Å². The maximum atomic E-state index is 10.8. The van der Waals surface area contributed by atoms with Crippen LogP contribution in [0.1, 0.15) is 37.9 Å². The van der Waals surface area contributed by atoms with Crippen LogP contribution in [-0.4, -0.2) is 11.0 Å². The van der Waals surface area contributed by atoms with Crippen LogP contribution in [0.2, 0.25) is 0 Å². The second kappa shape index (κ2) is 5.07. The first-order chi connectivity index (χ1) is 7.43. The Hall–Kier alpha value is -1.42. The number of rotatable bonds is 4. The summed E-state index contributed by atoms with van der Waals surface area (Å²) in [5.41, 5.74) is 1.92. The maximum Gasteiger partial charge on any atom is 0.272 e. The van der Waals surface area contributed by atoms with Gasteiger partial charge in [-0.2, -0.15) is 0 Å². The minimum absolute atomic E-state index is 0.125. The van der Waals surface area contributed by atoms with Gasteiger partial charge in [0.1, 0.15) is 0 Å². The van der Waals surface area contributed by atoms with E-state index in [9.17, 15) is 10.1 Å². The van der Waals surface area contributed by atoms with Crippen LogP contribution < -0.4 is 5.32 Å². The second-order valence-electron chi connectivity index (χ2n) is 4.29. The van der Waals surface area contributed by atoms with Crippen LogP contribution in [0, 0.1) is 17.0 Å². The third-order valence-electron chi connectivity index (χ3n) is 2.59. The van der Waals surface area contributed by atoms with Crippen molar-refractivity contribution in [1.29, 1.82) is 0 Å². The average molecular weight is 222 g/mol. The van der Waals surface area contributed by atoms with E-state index in [0.717, 1.165) is 11.1 Å². The Balaban J connectivity index is 3.05. The van der Waals surface area contributed by atoms with Crippen LogP contribution in [0.4, 0.5) is 5.69 Å². The lowest BCUT2D eigenvalue weighted by Gasteiger charge is -2.18. The fourth-order valence-electron chi connectivity index (χ4n) is 1.90. The van der Waals surface area contributed by atoms with Crippen molar-refractivity contribution in [2.24, 2.45) is 0 Å². The predicted octanol–water partition coefficient (Wildman–Crippen LogP) is 2.96. The molecule has 4 heteroatoms. The minimum Gasteiger partial charge on any atom is -0.308 e. The molecule has 1 unspecified atom stereocenters. The van der Waals surface area contributed by atoms with E-state index in [4.69, 9.17) is 0 Å². The summed E-state index contributed by atoms with van der Waals surface area (Å²) in [6.45, 7) is 7.93. The highest BCUT2D eigenvalue weighted by atomic mass is 16.6. The van der Waals surface area contributed by atoms with Crippen LogP contribution in [0.25, 0.3) is 0 Å². The Morgan fingerprint density at radius 3 is 2.44 bits per heavy atom. The molecule has 0 fully saturated rings. The van der Waals surface area contributed by atoms with Gasteiger partial charge in [-0.1, -0.05) is 26.0 Å². The van der Waals surface area contributed by atoms with Gasteiger partial charge in [0, 0.05) is 23.7 Å². The molecule has 0 saturated carbocycles. The van der Waals surface area contributed by atoms with E-state index in [1.807, 2.05) is 13.0 Å². The van der Waals surface area contributed by atoms with Crippen LogP contribution in [0.5, 0.6) is 0 Å². The van der Waals surface area contributed by atoms with E-state index >= 15 is 0 Å². The number of nitro benzene ring substituents is 1. The van der Waals surface area contributed by atoms with E-state index in [2.05, 4.69) is 19.2 Å². The smallest absolute Gasteiger partial charge is 0.272 e. The molecule has 0 spiro atoms. The number of hydrogen-bond donors (Lipinski definition) is 1. The Bertz CT molecular complexity index is 389. The van der Waals surface area contributed by atoms with Gasteiger partial charge in [-0.15, -0.1) is 0 Å². The number of benzene rings is 1. The van der Waals surface area contributed by atoms with Crippen molar-refractivity contribution in [3.63, 3.8) is 0 Å². The fourth-order valence-corrected chi connectivity index (χ4v) is 1.90. The van der Waals surface area contributed by atoms with Crippen LogP contribution >= 0.6 is 0 Å². The molecule has 1 aromatic carbocycles. The molecule has 0 aliphatic carbocycles. The van der Waals surface area contributed by atoms with Crippen molar-refractivity contribution < 1.29 is 4.92 Å². The summed E-state index contributed by atoms with van der Waals surface area (Å²) in [7, 11) is 0. The number of hydrogen-bond acceptors (Lipinski definition) is 3. The van der Waals surface area contributed by atoms with Gasteiger partial charge < -0.3 is 5.32 Å². The van der Waals surface area contributed by atoms with E-state index in [1.165, 1.54) is 0 Å². The molecule has 4 nitrogen and oxygen atoms in total. The largest absolute Gasteiger partial charge is 0.308 e. The van der Waals surface area contributed by atoms with Gasteiger partial charge in [-0.25, -0.2) is 0 Å². The zero-order chi connectivity index (χ0) is 12.3. The summed E-state index contributed by atoms with van der Waals surface area (Å²) in [5, 5.41) is 14.1. The Labute approximate surface area is 95.8 Å². The molecule has 0 radical (unpaired) electrons. The van der Waals surface area contributed by atoms with Gasteiger partial charge in [-0.3, -0.25) is 10.1 Å². The van der Waals surface area contributed by atoms with Crippen LogP contribution in [0.15, 0.2) is 18.2 Å². The highest BCUT2D eigenvalue weighted by molar-refractivity contribution is 5.45. The highest BCUT2D eigenvalue weighted by Crippen LogP contribution is 2.25. The van der Waals surface area contributed by atoms with Gasteiger partial charge in [0.25, 0.3) is 5.69 Å². The van der Waals surface area contributed by atoms with Gasteiger partial charge >= 0.3 is 0 Å². The van der Waals surface area contributed by atoms with E-state index in [0.29, 0.717) is 6.04 Å². The summed E-state index contributed by atoms with van der Waals surface area (Å²) in [6.07, 6.45) is 0. The summed E-state index contributed by atoms with van der Waals surface area (Å²) >= 11 is 0. The normalized spacial score (nSPS) is 12.8. The topological polar surface area (TPSA) is 55.2 Å². The first kappa shape index (κ1) is 12.6. The van der Waals surface area contributed by atoms with Gasteiger partial charge in [0.05, 0.1) is 4.92 Å². The highest BCUT2D eigenvalue weighted by Gasteiger charge is 2.17. The SMILES string of the molecule is Cc1c(C(C)NC(C)C)cccc1[N+](=O)[O-]. The molecule has 0 bridgehead atoms. The fraction of sp³-hybridized carbons (Fsp3) is 0.500. The molecule has 1 rings (SSSR count). The molecule has 0 saturated heterocycles. The quantitative estimate of drug-likeness (QED) is 0.629. The van der Waals surface area contributed by atoms with Crippen LogP contribution in [0.3, 0.4) is 0 Å². The first-order valence-electron chi connectivity index (χ1n) is 5.43. The molecule has 0 heterocycles. The third kappa shape index (κ3) is 2.79. The van der Waals surface area contributed by atoms with Crippen molar-refractivity contribution in [3.05, 3.63) is 39.4 Å². The summed E-state index contributed by atoms with van der Waals surface area (Å²) in [4.78, 5) is 10.5.